The van der Waals surface area contributed by atoms with Crippen LogP contribution in [0.15, 0.2) is 96.0 Å². The fourth-order valence-corrected chi connectivity index (χ4v) is 7.50. The van der Waals surface area contributed by atoms with Crippen LogP contribution in [0, 0.1) is 5.92 Å². The number of carboxylic acid groups (broad SMARTS) is 1. The summed E-state index contributed by atoms with van der Waals surface area (Å²) in [5.74, 6) is -2.84. The zero-order valence-corrected chi connectivity index (χ0v) is 29.7. The molecule has 3 aromatic carbocycles. The lowest BCUT2D eigenvalue weighted by atomic mass is 9.86. The number of rotatable bonds is 17. The Kier molecular flexibility index (Phi) is 13.6. The number of amides is 4. The van der Waals surface area contributed by atoms with Gasteiger partial charge >= 0.3 is 5.97 Å². The molecule has 53 heavy (non-hydrogen) atoms. The molecule has 2 heterocycles. The summed E-state index contributed by atoms with van der Waals surface area (Å²) in [5.41, 5.74) is 13.8. The van der Waals surface area contributed by atoms with Gasteiger partial charge in [-0.05, 0) is 67.6 Å². The van der Waals surface area contributed by atoms with E-state index in [-0.39, 0.29) is 62.0 Å². The lowest BCUT2D eigenvalue weighted by Crippen LogP contribution is -2.60. The standard InChI is InChI=1S/C40H49N7O6/c41-40(42)43-20-10-17-31(37(51)44-30(25-36(49)50)22-27-13-6-2-7-14-27)46-38(52)34-24-29(21-26-11-4-1-5-12-26)33-19-18-32(39(53)47(33)34)45-35(48)23-28-15-8-3-9-16-28/h1-9,11-16,29-34H,10,17-25H2,(H,44,51)(H,45,48)(H,46,52)(H,49,50)(H4,41,42,43)/t29-,30+,31-,32-,33+,34-/m0/s1. The van der Waals surface area contributed by atoms with Gasteiger partial charge in [-0.2, -0.15) is 0 Å². The number of carbonyl (C=O) groups excluding carboxylic acids is 4. The van der Waals surface area contributed by atoms with Gasteiger partial charge in [-0.3, -0.25) is 29.0 Å². The van der Waals surface area contributed by atoms with Gasteiger partial charge in [0.2, 0.25) is 23.6 Å². The van der Waals surface area contributed by atoms with E-state index in [0.29, 0.717) is 32.1 Å². The number of carboxylic acids is 1. The molecule has 2 aliphatic heterocycles. The molecule has 2 aliphatic rings. The Morgan fingerprint density at radius 1 is 0.849 bits per heavy atom. The maximum absolute atomic E-state index is 14.3. The second-order valence-corrected chi connectivity index (χ2v) is 13.9. The van der Waals surface area contributed by atoms with Crippen molar-refractivity contribution >= 4 is 35.6 Å². The Balaban J connectivity index is 1.35. The average molecular weight is 724 g/mol. The minimum Gasteiger partial charge on any atom is -0.481 e. The summed E-state index contributed by atoms with van der Waals surface area (Å²) in [7, 11) is 0. The van der Waals surface area contributed by atoms with Crippen LogP contribution in [0.1, 0.15) is 55.2 Å². The summed E-state index contributed by atoms with van der Waals surface area (Å²) in [6.45, 7) is 0.212. The lowest BCUT2D eigenvalue weighted by molar-refractivity contribution is -0.147. The van der Waals surface area contributed by atoms with Crippen molar-refractivity contribution in [1.82, 2.24) is 20.9 Å². The number of nitrogens with two attached hydrogens (primary N) is 2. The summed E-state index contributed by atoms with van der Waals surface area (Å²) in [6.07, 6.45) is 2.67. The van der Waals surface area contributed by atoms with Crippen LogP contribution < -0.4 is 27.4 Å². The minimum absolute atomic E-state index is 0.0296. The van der Waals surface area contributed by atoms with Gasteiger partial charge in [-0.1, -0.05) is 91.0 Å². The smallest absolute Gasteiger partial charge is 0.305 e. The highest BCUT2D eigenvalue weighted by molar-refractivity contribution is 5.95. The number of aliphatic imine (C=N–C) groups is 1. The molecule has 4 amide bonds. The third kappa shape index (κ3) is 11.1. The lowest BCUT2D eigenvalue weighted by Gasteiger charge is -2.39. The largest absolute Gasteiger partial charge is 0.481 e. The Morgan fingerprint density at radius 3 is 2.09 bits per heavy atom. The maximum atomic E-state index is 14.3. The molecular formula is C40H49N7O6. The molecule has 2 saturated heterocycles. The Labute approximate surface area is 309 Å². The zero-order chi connectivity index (χ0) is 37.7. The molecule has 3 aromatic rings. The molecule has 0 radical (unpaired) electrons. The van der Waals surface area contributed by atoms with Crippen molar-refractivity contribution in [3.8, 4) is 0 Å². The van der Waals surface area contributed by atoms with Gasteiger partial charge in [0.15, 0.2) is 5.96 Å². The van der Waals surface area contributed by atoms with Crippen molar-refractivity contribution in [3.05, 3.63) is 108 Å². The highest BCUT2D eigenvalue weighted by Crippen LogP contribution is 2.39. The van der Waals surface area contributed by atoms with E-state index in [1.165, 1.54) is 0 Å². The number of piperidine rings is 1. The van der Waals surface area contributed by atoms with E-state index in [0.717, 1.165) is 16.7 Å². The van der Waals surface area contributed by atoms with Crippen molar-refractivity contribution < 1.29 is 29.1 Å². The average Bonchev–Trinajstić information content (AvgIpc) is 3.50. The first-order valence-corrected chi connectivity index (χ1v) is 18.2. The van der Waals surface area contributed by atoms with E-state index in [1.807, 2.05) is 91.0 Å². The molecule has 8 N–H and O–H groups in total. The molecule has 0 aliphatic carbocycles. The number of aliphatic carboxylic acids is 1. The third-order valence-corrected chi connectivity index (χ3v) is 9.92. The summed E-state index contributed by atoms with van der Waals surface area (Å²) >= 11 is 0. The van der Waals surface area contributed by atoms with Gasteiger partial charge in [0, 0.05) is 18.6 Å². The van der Waals surface area contributed by atoms with E-state index < -0.39 is 42.0 Å². The molecule has 0 aromatic heterocycles. The second kappa shape index (κ2) is 18.7. The van der Waals surface area contributed by atoms with Crippen LogP contribution in [-0.2, 0) is 43.2 Å². The first kappa shape index (κ1) is 38.5. The minimum atomic E-state index is -1.07. The Bertz CT molecular complexity index is 1740. The normalized spacial score (nSPS) is 20.4. The first-order chi connectivity index (χ1) is 25.6. The van der Waals surface area contributed by atoms with Gasteiger partial charge in [0.1, 0.15) is 18.1 Å². The maximum Gasteiger partial charge on any atom is 0.305 e. The van der Waals surface area contributed by atoms with E-state index in [4.69, 9.17) is 11.5 Å². The fourth-order valence-electron chi connectivity index (χ4n) is 7.50. The van der Waals surface area contributed by atoms with Crippen molar-refractivity contribution in [2.24, 2.45) is 22.4 Å². The summed E-state index contributed by atoms with van der Waals surface area (Å²) < 4.78 is 0. The van der Waals surface area contributed by atoms with Crippen LogP contribution >= 0.6 is 0 Å². The van der Waals surface area contributed by atoms with Gasteiger partial charge < -0.3 is 37.4 Å². The molecule has 13 heteroatoms. The number of guanidine groups is 1. The second-order valence-electron chi connectivity index (χ2n) is 13.9. The molecule has 0 unspecified atom stereocenters. The van der Waals surface area contributed by atoms with Gasteiger partial charge in [0.25, 0.3) is 0 Å². The van der Waals surface area contributed by atoms with E-state index in [9.17, 15) is 29.1 Å². The van der Waals surface area contributed by atoms with Gasteiger partial charge in [-0.15, -0.1) is 0 Å². The van der Waals surface area contributed by atoms with Crippen LogP contribution in [0.5, 0.6) is 0 Å². The summed E-state index contributed by atoms with van der Waals surface area (Å²) in [6, 6.07) is 24.7. The third-order valence-electron chi connectivity index (χ3n) is 9.92. The number of carbonyl (C=O) groups is 5. The monoisotopic (exact) mass is 723 g/mol. The highest BCUT2D eigenvalue weighted by atomic mass is 16.4. The first-order valence-electron chi connectivity index (χ1n) is 18.2. The SMILES string of the molecule is NC(N)=NCCC[C@H](NC(=O)[C@@H]1C[C@H](Cc2ccccc2)[C@H]2CC[C@H](NC(=O)Cc3ccccc3)C(=O)N21)C(=O)N[C@@H](CC(=O)O)Cc1ccccc1. The quantitative estimate of drug-likeness (QED) is 0.0689. The topological polar surface area (TPSA) is 209 Å². The van der Waals surface area contributed by atoms with E-state index >= 15 is 0 Å². The van der Waals surface area contributed by atoms with Crippen molar-refractivity contribution in [2.75, 3.05) is 6.54 Å². The molecule has 0 saturated carbocycles. The number of nitrogens with one attached hydrogen (secondary N) is 3. The van der Waals surface area contributed by atoms with Crippen LogP contribution in [-0.4, -0.2) is 82.3 Å². The van der Waals surface area contributed by atoms with Crippen LogP contribution in [0.25, 0.3) is 0 Å². The highest BCUT2D eigenvalue weighted by Gasteiger charge is 2.51. The van der Waals surface area contributed by atoms with E-state index in [1.54, 1.807) is 4.90 Å². The predicted octanol–water partition coefficient (Wildman–Crippen LogP) is 2.08. The van der Waals surface area contributed by atoms with Crippen molar-refractivity contribution in [3.63, 3.8) is 0 Å². The van der Waals surface area contributed by atoms with Crippen molar-refractivity contribution in [1.29, 1.82) is 0 Å². The van der Waals surface area contributed by atoms with Crippen LogP contribution in [0.2, 0.25) is 0 Å². The number of hydrogen-bond donors (Lipinski definition) is 6. The molecule has 5 rings (SSSR count). The number of fused-ring (bicyclic) bond motifs is 1. The molecule has 2 fully saturated rings. The Morgan fingerprint density at radius 2 is 1.47 bits per heavy atom. The Hall–Kier alpha value is -5.72. The zero-order valence-electron chi connectivity index (χ0n) is 29.7. The van der Waals surface area contributed by atoms with E-state index in [2.05, 4.69) is 20.9 Å². The predicted molar refractivity (Wildman–Crippen MR) is 200 cm³/mol. The number of nitrogens with zero attached hydrogens (tertiary/aromatic N) is 2. The number of benzene rings is 3. The van der Waals surface area contributed by atoms with Crippen molar-refractivity contribution in [2.45, 2.75) is 88.0 Å². The van der Waals surface area contributed by atoms with Crippen LogP contribution in [0.4, 0.5) is 0 Å². The fraction of sp³-hybridized carbons (Fsp3) is 0.400. The molecule has 0 spiro atoms. The van der Waals surface area contributed by atoms with Gasteiger partial charge in [0.05, 0.1) is 12.8 Å². The molecule has 13 nitrogen and oxygen atoms in total. The van der Waals surface area contributed by atoms with Gasteiger partial charge in [-0.25, -0.2) is 0 Å². The summed E-state index contributed by atoms with van der Waals surface area (Å²) in [4.78, 5) is 72.7. The molecule has 0 bridgehead atoms. The molecular weight excluding hydrogens is 674 g/mol. The molecule has 280 valence electrons. The van der Waals surface area contributed by atoms with Crippen LogP contribution in [0.3, 0.4) is 0 Å². The molecule has 6 atom stereocenters. The number of hydrogen-bond acceptors (Lipinski definition) is 6. The summed E-state index contributed by atoms with van der Waals surface area (Å²) in [5, 5.41) is 18.3.